The van der Waals surface area contributed by atoms with Crippen LogP contribution < -0.4 is 15.8 Å². The number of benzene rings is 2. The van der Waals surface area contributed by atoms with Gasteiger partial charge in [0.15, 0.2) is 0 Å². The Kier molecular flexibility index (Phi) is 12.2. The van der Waals surface area contributed by atoms with Crippen LogP contribution in [0.1, 0.15) is 50.3 Å². The summed E-state index contributed by atoms with van der Waals surface area (Å²) in [6.07, 6.45) is 2.29. The van der Waals surface area contributed by atoms with Gasteiger partial charge in [-0.2, -0.15) is 0 Å². The molecule has 0 aromatic heterocycles. The second-order valence-corrected chi connectivity index (χ2v) is 12.8. The monoisotopic (exact) mass is 612 g/mol. The Bertz CT molecular complexity index is 1160. The third-order valence-corrected chi connectivity index (χ3v) is 8.78. The average molecular weight is 613 g/mol. The first-order chi connectivity index (χ1) is 20.6. The molecule has 0 aliphatic carbocycles. The Morgan fingerprint density at radius 1 is 1.00 bits per heavy atom. The van der Waals surface area contributed by atoms with Gasteiger partial charge in [-0.3, -0.25) is 9.59 Å². The first-order valence-electron chi connectivity index (χ1n) is 15.5. The molecule has 2 atom stereocenters. The predicted octanol–water partition coefficient (Wildman–Crippen LogP) is 3.58. The number of piperazine rings is 1. The van der Waals surface area contributed by atoms with E-state index in [1.165, 1.54) is 0 Å². The number of halogens is 1. The van der Waals surface area contributed by atoms with E-state index in [0.717, 1.165) is 62.4 Å². The molecule has 2 heterocycles. The number of likely N-dealkylation sites (N-methyl/N-ethyl adjacent to an activating group) is 1. The number of hydrazine groups is 1. The van der Waals surface area contributed by atoms with E-state index in [2.05, 4.69) is 41.1 Å². The molecule has 0 spiro atoms. The summed E-state index contributed by atoms with van der Waals surface area (Å²) in [5, 5.41) is 8.76. The highest BCUT2D eigenvalue weighted by atomic mass is 35.5. The maximum absolute atomic E-state index is 13.9. The van der Waals surface area contributed by atoms with E-state index in [9.17, 15) is 9.59 Å². The molecule has 2 aromatic carbocycles. The van der Waals surface area contributed by atoms with Crippen LogP contribution in [0.4, 0.5) is 0 Å². The van der Waals surface area contributed by atoms with Crippen LogP contribution >= 0.6 is 11.6 Å². The number of nitrogens with one attached hydrogen (secondary N) is 1. The summed E-state index contributed by atoms with van der Waals surface area (Å²) in [5.74, 6) is 0.995. The van der Waals surface area contributed by atoms with E-state index < -0.39 is 12.1 Å². The van der Waals surface area contributed by atoms with Gasteiger partial charge in [0.1, 0.15) is 11.8 Å². The fourth-order valence-corrected chi connectivity index (χ4v) is 6.13. The highest BCUT2D eigenvalue weighted by Crippen LogP contribution is 2.23. The lowest BCUT2D eigenvalue weighted by Crippen LogP contribution is -2.60. The Balaban J connectivity index is 1.40. The molecule has 4 rings (SSSR count). The van der Waals surface area contributed by atoms with Gasteiger partial charge in [0.2, 0.25) is 11.8 Å². The summed E-state index contributed by atoms with van der Waals surface area (Å²) in [6, 6.07) is 14.1. The van der Waals surface area contributed by atoms with Gasteiger partial charge < -0.3 is 25.6 Å². The lowest BCUT2D eigenvalue weighted by molar-refractivity contribution is -0.140. The average Bonchev–Trinajstić information content (AvgIpc) is 3.00. The topological polar surface area (TPSA) is 94.4 Å². The fourth-order valence-electron chi connectivity index (χ4n) is 6.01. The van der Waals surface area contributed by atoms with Crippen LogP contribution in [-0.4, -0.2) is 104 Å². The molecule has 10 heteroatoms. The van der Waals surface area contributed by atoms with Crippen LogP contribution in [0, 0.1) is 5.92 Å². The lowest BCUT2D eigenvalue weighted by atomic mass is 9.99. The molecule has 0 radical (unpaired) electrons. The number of nitrogens with two attached hydrogens (primary N) is 1. The number of carbonyl (C=O) groups is 2. The minimum Gasteiger partial charge on any atom is -0.497 e. The smallest absolute Gasteiger partial charge is 0.245 e. The van der Waals surface area contributed by atoms with Crippen molar-refractivity contribution in [2.24, 2.45) is 11.7 Å². The molecule has 9 nitrogen and oxygen atoms in total. The Labute approximate surface area is 262 Å². The van der Waals surface area contributed by atoms with Crippen molar-refractivity contribution >= 4 is 23.4 Å². The van der Waals surface area contributed by atoms with Gasteiger partial charge in [0, 0.05) is 75.8 Å². The molecule has 2 aliphatic rings. The van der Waals surface area contributed by atoms with Crippen molar-refractivity contribution in [3.05, 3.63) is 64.7 Å². The van der Waals surface area contributed by atoms with Crippen LogP contribution in [-0.2, 0) is 16.0 Å². The summed E-state index contributed by atoms with van der Waals surface area (Å²) < 4.78 is 5.22. The summed E-state index contributed by atoms with van der Waals surface area (Å²) >= 11 is 6.11. The van der Waals surface area contributed by atoms with Crippen molar-refractivity contribution in [1.82, 2.24) is 25.1 Å². The summed E-state index contributed by atoms with van der Waals surface area (Å²) in [7, 11) is 3.79. The van der Waals surface area contributed by atoms with E-state index in [4.69, 9.17) is 22.1 Å². The summed E-state index contributed by atoms with van der Waals surface area (Å²) in [4.78, 5) is 31.5. The standard InChI is InChI=1S/C33H49ClN6O3/c1-24(2)23-40(39-19-17-37(3)18-20-39)28-13-15-38(16-14-28)33(42)31(21-25-5-9-27(34)10-6-25)36-32(41)22-30(35)26-7-11-29(43-4)12-8-26/h5-12,24,28,30-31H,13-23,35H2,1-4H3,(H,36,41). The van der Waals surface area contributed by atoms with Gasteiger partial charge in [0.05, 0.1) is 7.11 Å². The minimum atomic E-state index is -0.683. The van der Waals surface area contributed by atoms with Crippen LogP contribution in [0.3, 0.4) is 0 Å². The zero-order valence-electron chi connectivity index (χ0n) is 26.2. The summed E-state index contributed by atoms with van der Waals surface area (Å²) in [5.41, 5.74) is 8.15. The molecule has 236 valence electrons. The molecule has 2 aliphatic heterocycles. The Morgan fingerprint density at radius 2 is 1.63 bits per heavy atom. The van der Waals surface area contributed by atoms with Gasteiger partial charge >= 0.3 is 0 Å². The van der Waals surface area contributed by atoms with Crippen LogP contribution in [0.2, 0.25) is 5.02 Å². The number of likely N-dealkylation sites (tertiary alicyclic amines) is 1. The Morgan fingerprint density at radius 3 is 2.21 bits per heavy atom. The first kappa shape index (κ1) is 33.2. The molecular formula is C33H49ClN6O3. The van der Waals surface area contributed by atoms with E-state index in [1.807, 2.05) is 53.4 Å². The summed E-state index contributed by atoms with van der Waals surface area (Å²) in [6.45, 7) is 11.1. The Hall–Kier alpha value is -2.69. The molecule has 2 aromatic rings. The normalized spacial score (nSPS) is 18.6. The van der Waals surface area contributed by atoms with Crippen molar-refractivity contribution in [3.63, 3.8) is 0 Å². The van der Waals surface area contributed by atoms with Gasteiger partial charge in [-0.05, 0) is 61.2 Å². The number of nitrogens with zero attached hydrogens (tertiary/aromatic N) is 4. The predicted molar refractivity (Wildman–Crippen MR) is 172 cm³/mol. The van der Waals surface area contributed by atoms with Crippen LogP contribution in [0.5, 0.6) is 5.75 Å². The molecule has 43 heavy (non-hydrogen) atoms. The fraction of sp³-hybridized carbons (Fsp3) is 0.576. The molecule has 2 amide bonds. The van der Waals surface area contributed by atoms with Crippen molar-refractivity contribution in [1.29, 1.82) is 0 Å². The lowest BCUT2D eigenvalue weighted by Gasteiger charge is -2.47. The molecule has 2 fully saturated rings. The van der Waals surface area contributed by atoms with Crippen molar-refractivity contribution in [3.8, 4) is 5.75 Å². The number of rotatable bonds is 12. The number of hydrogen-bond donors (Lipinski definition) is 2. The van der Waals surface area contributed by atoms with Gasteiger partial charge in [0.25, 0.3) is 0 Å². The molecular weight excluding hydrogens is 564 g/mol. The second-order valence-electron chi connectivity index (χ2n) is 12.4. The number of carbonyl (C=O) groups excluding carboxylic acids is 2. The number of hydrogen-bond acceptors (Lipinski definition) is 7. The molecule has 2 unspecified atom stereocenters. The number of methoxy groups -OCH3 is 1. The molecule has 2 saturated heterocycles. The van der Waals surface area contributed by atoms with Crippen molar-refractivity contribution in [2.75, 3.05) is 60.0 Å². The largest absolute Gasteiger partial charge is 0.497 e. The van der Waals surface area contributed by atoms with E-state index in [1.54, 1.807) is 7.11 Å². The number of piperidine rings is 1. The second kappa shape index (κ2) is 15.9. The SMILES string of the molecule is COc1ccc(C(N)CC(=O)NC(Cc2ccc(Cl)cc2)C(=O)N2CCC(N(CC(C)C)N3CCN(C)CC3)CC2)cc1. The zero-order chi connectivity index (χ0) is 30.9. The van der Waals surface area contributed by atoms with Gasteiger partial charge in [-0.15, -0.1) is 0 Å². The van der Waals surface area contributed by atoms with E-state index >= 15 is 0 Å². The molecule has 3 N–H and O–H groups in total. The van der Waals surface area contributed by atoms with Crippen LogP contribution in [0.25, 0.3) is 0 Å². The third-order valence-electron chi connectivity index (χ3n) is 8.53. The minimum absolute atomic E-state index is 0.0465. The molecule has 0 bridgehead atoms. The van der Waals surface area contributed by atoms with Crippen molar-refractivity contribution in [2.45, 2.75) is 57.7 Å². The van der Waals surface area contributed by atoms with Crippen molar-refractivity contribution < 1.29 is 14.3 Å². The maximum atomic E-state index is 13.9. The number of ether oxygens (including phenoxy) is 1. The van der Waals surface area contributed by atoms with Crippen LogP contribution in [0.15, 0.2) is 48.5 Å². The number of amides is 2. The quantitative estimate of drug-likeness (QED) is 0.378. The highest BCUT2D eigenvalue weighted by Gasteiger charge is 2.34. The zero-order valence-corrected chi connectivity index (χ0v) is 26.9. The van der Waals surface area contributed by atoms with Gasteiger partial charge in [-0.25, -0.2) is 10.0 Å². The maximum Gasteiger partial charge on any atom is 0.245 e. The molecule has 0 saturated carbocycles. The third kappa shape index (κ3) is 9.65. The first-order valence-corrected chi connectivity index (χ1v) is 15.9. The van der Waals surface area contributed by atoms with E-state index in [-0.39, 0.29) is 18.2 Å². The van der Waals surface area contributed by atoms with E-state index in [0.29, 0.717) is 36.5 Å². The van der Waals surface area contributed by atoms with Gasteiger partial charge in [-0.1, -0.05) is 49.7 Å². The highest BCUT2D eigenvalue weighted by molar-refractivity contribution is 6.30.